The molecule has 1 fully saturated rings. The summed E-state index contributed by atoms with van der Waals surface area (Å²) in [5.41, 5.74) is 8.11. The average molecular weight is 262 g/mol. The molecule has 1 aliphatic rings. The number of ether oxygens (including phenoxy) is 1. The lowest BCUT2D eigenvalue weighted by Gasteiger charge is -2.36. The van der Waals surface area contributed by atoms with E-state index in [2.05, 4.69) is 6.92 Å². The zero-order valence-electron chi connectivity index (χ0n) is 11.8. The third-order valence-electron chi connectivity index (χ3n) is 3.92. The minimum absolute atomic E-state index is 0.00940. The number of nitrogens with zero attached hydrogens (tertiary/aromatic N) is 1. The molecule has 0 spiro atoms. The van der Waals surface area contributed by atoms with E-state index in [1.807, 2.05) is 24.0 Å². The van der Waals surface area contributed by atoms with Gasteiger partial charge in [0.05, 0.1) is 11.7 Å². The van der Waals surface area contributed by atoms with Gasteiger partial charge in [0.15, 0.2) is 0 Å². The first-order valence-electron chi connectivity index (χ1n) is 6.71. The predicted molar refractivity (Wildman–Crippen MR) is 76.1 cm³/mol. The topological polar surface area (TPSA) is 55.6 Å². The van der Waals surface area contributed by atoms with E-state index in [-0.39, 0.29) is 12.0 Å². The molecule has 1 aliphatic heterocycles. The number of aryl methyl sites for hydroxylation is 1. The maximum Gasteiger partial charge on any atom is 0.256 e. The summed E-state index contributed by atoms with van der Waals surface area (Å²) in [5.74, 6) is 0.499. The van der Waals surface area contributed by atoms with Gasteiger partial charge in [-0.3, -0.25) is 4.79 Å². The summed E-state index contributed by atoms with van der Waals surface area (Å²) in [4.78, 5) is 14.4. The second-order valence-electron chi connectivity index (χ2n) is 5.38. The van der Waals surface area contributed by atoms with Crippen molar-refractivity contribution in [2.24, 2.45) is 5.92 Å². The number of carbonyl (C=O) groups is 1. The molecule has 2 rings (SSSR count). The molecule has 2 unspecified atom stereocenters. The number of likely N-dealkylation sites (tertiary alicyclic amines) is 1. The van der Waals surface area contributed by atoms with Gasteiger partial charge in [-0.25, -0.2) is 0 Å². The summed E-state index contributed by atoms with van der Waals surface area (Å²) in [5, 5.41) is 0. The normalized spacial score (nSPS) is 23.4. The number of nitrogens with two attached hydrogens (primary N) is 1. The molecule has 0 radical (unpaired) electrons. The fraction of sp³-hybridized carbons (Fsp3) is 0.533. The average Bonchev–Trinajstić information content (AvgIpc) is 2.41. The lowest BCUT2D eigenvalue weighted by Crippen LogP contribution is -2.46. The van der Waals surface area contributed by atoms with Crippen molar-refractivity contribution in [1.29, 1.82) is 0 Å². The number of hydrogen-bond acceptors (Lipinski definition) is 3. The molecule has 19 heavy (non-hydrogen) atoms. The lowest BCUT2D eigenvalue weighted by molar-refractivity contribution is -0.00153. The number of nitrogen functional groups attached to an aromatic ring is 1. The van der Waals surface area contributed by atoms with E-state index in [4.69, 9.17) is 10.5 Å². The molecule has 2 N–H and O–H groups in total. The van der Waals surface area contributed by atoms with Gasteiger partial charge < -0.3 is 15.4 Å². The molecule has 4 nitrogen and oxygen atoms in total. The van der Waals surface area contributed by atoms with E-state index in [0.717, 1.165) is 18.5 Å². The Balaban J connectivity index is 2.18. The van der Waals surface area contributed by atoms with Crippen molar-refractivity contribution in [2.45, 2.75) is 26.4 Å². The Morgan fingerprint density at radius 3 is 2.89 bits per heavy atom. The fourth-order valence-electron chi connectivity index (χ4n) is 2.55. The third kappa shape index (κ3) is 2.89. The van der Waals surface area contributed by atoms with E-state index >= 15 is 0 Å². The molecule has 1 amide bonds. The highest BCUT2D eigenvalue weighted by atomic mass is 16.5. The zero-order valence-corrected chi connectivity index (χ0v) is 11.8. The molecule has 2 atom stereocenters. The molecule has 1 heterocycles. The standard InChI is InChI=1S/C15H22N2O2/c1-10-4-5-13(16)12(8-10)15(18)17-7-6-11(2)14(9-17)19-3/h4-5,8,11,14H,6-7,9,16H2,1-3H3. The van der Waals surface area contributed by atoms with Gasteiger partial charge in [0.1, 0.15) is 0 Å². The van der Waals surface area contributed by atoms with Gasteiger partial charge in [-0.05, 0) is 31.4 Å². The van der Waals surface area contributed by atoms with Gasteiger partial charge in [-0.2, -0.15) is 0 Å². The monoisotopic (exact) mass is 262 g/mol. The summed E-state index contributed by atoms with van der Waals surface area (Å²) in [6.45, 7) is 5.54. The first-order valence-corrected chi connectivity index (χ1v) is 6.71. The highest BCUT2D eigenvalue weighted by molar-refractivity contribution is 5.99. The minimum atomic E-state index is 0.00940. The van der Waals surface area contributed by atoms with Crippen molar-refractivity contribution in [3.8, 4) is 0 Å². The summed E-state index contributed by atoms with van der Waals surface area (Å²) < 4.78 is 5.45. The fourth-order valence-corrected chi connectivity index (χ4v) is 2.55. The van der Waals surface area contributed by atoms with E-state index < -0.39 is 0 Å². The molecule has 0 aromatic heterocycles. The van der Waals surface area contributed by atoms with Crippen LogP contribution in [0.4, 0.5) is 5.69 Å². The summed E-state index contributed by atoms with van der Waals surface area (Å²) in [6.07, 6.45) is 1.08. The first-order chi connectivity index (χ1) is 9.02. The zero-order chi connectivity index (χ0) is 14.0. The van der Waals surface area contributed by atoms with Crippen molar-refractivity contribution in [3.05, 3.63) is 29.3 Å². The molecule has 1 saturated heterocycles. The van der Waals surface area contributed by atoms with Gasteiger partial charge in [0, 0.05) is 25.9 Å². The quantitative estimate of drug-likeness (QED) is 0.830. The van der Waals surface area contributed by atoms with Gasteiger partial charge in [0.2, 0.25) is 0 Å². The Labute approximate surface area is 114 Å². The maximum atomic E-state index is 12.5. The van der Waals surface area contributed by atoms with Crippen molar-refractivity contribution < 1.29 is 9.53 Å². The van der Waals surface area contributed by atoms with Gasteiger partial charge in [-0.15, -0.1) is 0 Å². The summed E-state index contributed by atoms with van der Waals surface area (Å²) >= 11 is 0. The SMILES string of the molecule is COC1CN(C(=O)c2cc(C)ccc2N)CCC1C. The van der Waals surface area contributed by atoms with E-state index in [0.29, 0.717) is 23.7 Å². The molecular weight excluding hydrogens is 240 g/mol. The molecule has 0 saturated carbocycles. The molecule has 0 bridgehead atoms. The van der Waals surface area contributed by atoms with Crippen LogP contribution in [0.1, 0.15) is 29.3 Å². The number of piperidine rings is 1. The number of methoxy groups -OCH3 is 1. The van der Waals surface area contributed by atoms with E-state index in [1.165, 1.54) is 0 Å². The number of benzene rings is 1. The lowest BCUT2D eigenvalue weighted by atomic mass is 9.95. The molecule has 1 aromatic carbocycles. The Kier molecular flexibility index (Phi) is 4.10. The molecular formula is C15H22N2O2. The first kappa shape index (κ1) is 13.9. The second kappa shape index (κ2) is 5.61. The Morgan fingerprint density at radius 2 is 2.21 bits per heavy atom. The van der Waals surface area contributed by atoms with Crippen LogP contribution in [-0.4, -0.2) is 37.1 Å². The highest BCUT2D eigenvalue weighted by Crippen LogP contribution is 2.23. The van der Waals surface area contributed by atoms with Crippen molar-refractivity contribution >= 4 is 11.6 Å². The van der Waals surface area contributed by atoms with E-state index in [1.54, 1.807) is 13.2 Å². The van der Waals surface area contributed by atoms with Crippen molar-refractivity contribution in [2.75, 3.05) is 25.9 Å². The van der Waals surface area contributed by atoms with Crippen LogP contribution in [0, 0.1) is 12.8 Å². The summed E-state index contributed by atoms with van der Waals surface area (Å²) in [6, 6.07) is 5.57. The number of amides is 1. The highest BCUT2D eigenvalue weighted by Gasteiger charge is 2.29. The maximum absolute atomic E-state index is 12.5. The van der Waals surface area contributed by atoms with Gasteiger partial charge >= 0.3 is 0 Å². The Morgan fingerprint density at radius 1 is 1.47 bits per heavy atom. The van der Waals surface area contributed by atoms with Crippen molar-refractivity contribution in [3.63, 3.8) is 0 Å². The van der Waals surface area contributed by atoms with Gasteiger partial charge in [-0.1, -0.05) is 18.6 Å². The molecule has 1 aromatic rings. The van der Waals surface area contributed by atoms with Crippen LogP contribution < -0.4 is 5.73 Å². The molecule has 4 heteroatoms. The minimum Gasteiger partial charge on any atom is -0.398 e. The number of hydrogen-bond donors (Lipinski definition) is 1. The van der Waals surface area contributed by atoms with Crippen LogP contribution in [0.15, 0.2) is 18.2 Å². The predicted octanol–water partition coefficient (Wildman–Crippen LogP) is 2.07. The van der Waals surface area contributed by atoms with Crippen LogP contribution in [0.5, 0.6) is 0 Å². The third-order valence-corrected chi connectivity index (χ3v) is 3.92. The van der Waals surface area contributed by atoms with E-state index in [9.17, 15) is 4.79 Å². The Hall–Kier alpha value is -1.55. The smallest absolute Gasteiger partial charge is 0.256 e. The largest absolute Gasteiger partial charge is 0.398 e. The van der Waals surface area contributed by atoms with Crippen LogP contribution in [0.25, 0.3) is 0 Å². The van der Waals surface area contributed by atoms with Crippen LogP contribution in [0.3, 0.4) is 0 Å². The molecule has 104 valence electrons. The summed E-state index contributed by atoms with van der Waals surface area (Å²) in [7, 11) is 1.70. The Bertz CT molecular complexity index is 473. The van der Waals surface area contributed by atoms with Crippen LogP contribution in [-0.2, 0) is 4.74 Å². The molecule has 0 aliphatic carbocycles. The van der Waals surface area contributed by atoms with Crippen molar-refractivity contribution in [1.82, 2.24) is 4.90 Å². The number of anilines is 1. The van der Waals surface area contributed by atoms with Gasteiger partial charge in [0.25, 0.3) is 5.91 Å². The number of rotatable bonds is 2. The number of carbonyl (C=O) groups excluding carboxylic acids is 1. The van der Waals surface area contributed by atoms with Crippen LogP contribution >= 0.6 is 0 Å². The second-order valence-corrected chi connectivity index (χ2v) is 5.38. The van der Waals surface area contributed by atoms with Crippen LogP contribution in [0.2, 0.25) is 0 Å².